The molecule has 1 aromatic heterocycles. The third-order valence-electron chi connectivity index (χ3n) is 6.30. The molecule has 9 nitrogen and oxygen atoms in total. The van der Waals surface area contributed by atoms with Crippen LogP contribution in [0.3, 0.4) is 0 Å². The number of carbonyl (C=O) groups excluding carboxylic acids is 2. The maximum Gasteiger partial charge on any atom is 0.318 e. The summed E-state index contributed by atoms with van der Waals surface area (Å²) in [4.78, 5) is 35.5. The fourth-order valence-corrected chi connectivity index (χ4v) is 4.55. The summed E-state index contributed by atoms with van der Waals surface area (Å²) in [6.07, 6.45) is 4.87. The van der Waals surface area contributed by atoms with E-state index >= 15 is 0 Å². The number of amides is 3. The summed E-state index contributed by atoms with van der Waals surface area (Å²) >= 11 is 0. The highest BCUT2D eigenvalue weighted by Crippen LogP contribution is 2.30. The Labute approximate surface area is 179 Å². The number of likely N-dealkylation sites (tertiary alicyclic amines) is 1. The topological polar surface area (TPSA) is 94.8 Å². The van der Waals surface area contributed by atoms with Crippen molar-refractivity contribution in [3.05, 3.63) is 11.7 Å². The van der Waals surface area contributed by atoms with Crippen molar-refractivity contribution in [3.8, 4) is 0 Å². The lowest BCUT2D eigenvalue weighted by Crippen LogP contribution is -2.51. The summed E-state index contributed by atoms with van der Waals surface area (Å²) < 4.78 is 5.38. The Morgan fingerprint density at radius 3 is 2.53 bits per heavy atom. The first kappa shape index (κ1) is 22.5. The maximum absolute atomic E-state index is 12.6. The highest BCUT2D eigenvalue weighted by atomic mass is 16.5. The van der Waals surface area contributed by atoms with Crippen LogP contribution in [-0.2, 0) is 11.2 Å². The van der Waals surface area contributed by atoms with E-state index in [1.54, 1.807) is 4.90 Å². The molecule has 1 unspecified atom stereocenters. The highest BCUT2D eigenvalue weighted by Gasteiger charge is 2.33. The smallest absolute Gasteiger partial charge is 0.318 e. The average Bonchev–Trinajstić information content (AvgIpc) is 3.43. The Bertz CT molecular complexity index is 697. The molecule has 0 radical (unpaired) electrons. The predicted octanol–water partition coefficient (Wildman–Crippen LogP) is 2.20. The van der Waals surface area contributed by atoms with Crippen molar-refractivity contribution in [1.82, 2.24) is 30.2 Å². The fraction of sp³-hybridized carbons (Fsp3) is 0.810. The van der Waals surface area contributed by atoms with Crippen LogP contribution in [0.25, 0.3) is 0 Å². The average molecular weight is 421 g/mol. The van der Waals surface area contributed by atoms with Crippen LogP contribution in [0, 0.1) is 0 Å². The van der Waals surface area contributed by atoms with E-state index in [0.717, 1.165) is 51.9 Å². The molecule has 1 aromatic rings. The van der Waals surface area contributed by atoms with Crippen molar-refractivity contribution in [2.24, 2.45) is 0 Å². The molecule has 1 atom stereocenters. The van der Waals surface area contributed by atoms with Gasteiger partial charge in [0.2, 0.25) is 11.8 Å². The van der Waals surface area contributed by atoms with Gasteiger partial charge in [-0.3, -0.25) is 9.69 Å². The van der Waals surface area contributed by atoms with Crippen LogP contribution in [0.15, 0.2) is 4.52 Å². The van der Waals surface area contributed by atoms with Crippen molar-refractivity contribution in [2.45, 2.75) is 71.4 Å². The molecule has 0 bridgehead atoms. The molecule has 3 heterocycles. The van der Waals surface area contributed by atoms with E-state index in [2.05, 4.69) is 34.2 Å². The van der Waals surface area contributed by atoms with Gasteiger partial charge in [-0.05, 0) is 32.6 Å². The van der Waals surface area contributed by atoms with Gasteiger partial charge < -0.3 is 19.6 Å². The van der Waals surface area contributed by atoms with Crippen LogP contribution in [0.4, 0.5) is 4.79 Å². The summed E-state index contributed by atoms with van der Waals surface area (Å²) in [5.41, 5.74) is 0. The second-order valence-corrected chi connectivity index (χ2v) is 8.12. The molecule has 3 rings (SSSR count). The van der Waals surface area contributed by atoms with Gasteiger partial charge in [0.25, 0.3) is 0 Å². The van der Waals surface area contributed by atoms with Crippen LogP contribution in [-0.4, -0.2) is 82.1 Å². The van der Waals surface area contributed by atoms with Crippen LogP contribution in [0.2, 0.25) is 0 Å². The molecule has 168 valence electrons. The van der Waals surface area contributed by atoms with E-state index in [4.69, 9.17) is 4.52 Å². The first-order valence-electron chi connectivity index (χ1n) is 11.5. The van der Waals surface area contributed by atoms with Crippen LogP contribution in [0.5, 0.6) is 0 Å². The standard InChI is InChI=1S/C21H36N6O3/c1-4-16(5-2)25-12-14-26(15-13-25)19(28)10-9-18-23-20(24-30-18)17-8-7-11-27(17)21(29)22-6-3/h16-17H,4-15H2,1-3H3,(H,22,29). The molecule has 3 amide bonds. The Morgan fingerprint density at radius 1 is 1.13 bits per heavy atom. The SMILES string of the molecule is CCNC(=O)N1CCCC1c1noc(CCC(=O)N2CCN(C(CC)CC)CC2)n1. The number of nitrogens with zero attached hydrogens (tertiary/aromatic N) is 5. The molecule has 2 aliphatic rings. The largest absolute Gasteiger partial charge is 0.340 e. The van der Waals surface area contributed by atoms with Gasteiger partial charge in [0.15, 0.2) is 5.82 Å². The third kappa shape index (κ3) is 5.30. The molecular weight excluding hydrogens is 384 g/mol. The van der Waals surface area contributed by atoms with Crippen molar-refractivity contribution in [2.75, 3.05) is 39.3 Å². The maximum atomic E-state index is 12.6. The minimum absolute atomic E-state index is 0.0888. The summed E-state index contributed by atoms with van der Waals surface area (Å²) in [6, 6.07) is 0.380. The van der Waals surface area contributed by atoms with E-state index in [1.165, 1.54) is 0 Å². The molecule has 0 spiro atoms. The first-order valence-corrected chi connectivity index (χ1v) is 11.5. The number of hydrogen-bond acceptors (Lipinski definition) is 6. The molecule has 0 aliphatic carbocycles. The summed E-state index contributed by atoms with van der Waals surface area (Å²) in [5, 5.41) is 6.93. The first-order chi connectivity index (χ1) is 14.6. The van der Waals surface area contributed by atoms with E-state index in [-0.39, 0.29) is 18.0 Å². The summed E-state index contributed by atoms with van der Waals surface area (Å²) in [6.45, 7) is 11.1. The van der Waals surface area contributed by atoms with Gasteiger partial charge in [-0.15, -0.1) is 0 Å². The lowest BCUT2D eigenvalue weighted by atomic mass is 10.1. The molecule has 0 saturated carbocycles. The number of urea groups is 1. The molecule has 1 N–H and O–H groups in total. The van der Waals surface area contributed by atoms with E-state index < -0.39 is 0 Å². The molecule has 30 heavy (non-hydrogen) atoms. The van der Waals surface area contributed by atoms with Gasteiger partial charge in [0.05, 0.1) is 6.04 Å². The third-order valence-corrected chi connectivity index (χ3v) is 6.30. The minimum Gasteiger partial charge on any atom is -0.340 e. The van der Waals surface area contributed by atoms with Gasteiger partial charge in [0, 0.05) is 58.2 Å². The molecule has 0 aromatic carbocycles. The lowest BCUT2D eigenvalue weighted by Gasteiger charge is -2.38. The van der Waals surface area contributed by atoms with Gasteiger partial charge in [-0.1, -0.05) is 19.0 Å². The monoisotopic (exact) mass is 420 g/mol. The van der Waals surface area contributed by atoms with Crippen molar-refractivity contribution >= 4 is 11.9 Å². The number of nitrogens with one attached hydrogen (secondary N) is 1. The normalized spacial score (nSPS) is 20.2. The fourth-order valence-electron chi connectivity index (χ4n) is 4.55. The summed E-state index contributed by atoms with van der Waals surface area (Å²) in [7, 11) is 0. The number of aromatic nitrogens is 2. The zero-order valence-electron chi connectivity index (χ0n) is 18.6. The Morgan fingerprint density at radius 2 is 1.87 bits per heavy atom. The van der Waals surface area contributed by atoms with Gasteiger partial charge in [-0.2, -0.15) is 4.98 Å². The van der Waals surface area contributed by atoms with Crippen LogP contribution < -0.4 is 5.32 Å². The zero-order chi connectivity index (χ0) is 21.5. The van der Waals surface area contributed by atoms with Crippen molar-refractivity contribution < 1.29 is 14.1 Å². The van der Waals surface area contributed by atoms with Gasteiger partial charge in [-0.25, -0.2) is 4.79 Å². The zero-order valence-corrected chi connectivity index (χ0v) is 18.6. The van der Waals surface area contributed by atoms with Gasteiger partial charge in [0.1, 0.15) is 0 Å². The second kappa shape index (κ2) is 10.7. The number of carbonyl (C=O) groups is 2. The molecule has 2 saturated heterocycles. The van der Waals surface area contributed by atoms with E-state index in [0.29, 0.717) is 43.7 Å². The highest BCUT2D eigenvalue weighted by molar-refractivity contribution is 5.76. The Balaban J connectivity index is 1.47. The van der Waals surface area contributed by atoms with Crippen molar-refractivity contribution in [3.63, 3.8) is 0 Å². The molecule has 9 heteroatoms. The second-order valence-electron chi connectivity index (χ2n) is 8.12. The predicted molar refractivity (Wildman–Crippen MR) is 113 cm³/mol. The van der Waals surface area contributed by atoms with E-state index in [1.807, 2.05) is 11.8 Å². The van der Waals surface area contributed by atoms with Crippen molar-refractivity contribution in [1.29, 1.82) is 0 Å². The summed E-state index contributed by atoms with van der Waals surface area (Å²) in [5.74, 6) is 1.15. The number of piperazine rings is 1. The molecule has 2 fully saturated rings. The van der Waals surface area contributed by atoms with Crippen LogP contribution in [0.1, 0.15) is 70.6 Å². The Kier molecular flexibility index (Phi) is 8.07. The molecular formula is C21H36N6O3. The Hall–Kier alpha value is -2.16. The number of hydrogen-bond donors (Lipinski definition) is 1. The number of rotatable bonds is 8. The van der Waals surface area contributed by atoms with Gasteiger partial charge >= 0.3 is 6.03 Å². The quantitative estimate of drug-likeness (QED) is 0.693. The number of aryl methyl sites for hydroxylation is 1. The minimum atomic E-state index is -0.150. The van der Waals surface area contributed by atoms with Crippen LogP contribution >= 0.6 is 0 Å². The molecule has 2 aliphatic heterocycles. The lowest BCUT2D eigenvalue weighted by molar-refractivity contribution is -0.133. The van der Waals surface area contributed by atoms with E-state index in [9.17, 15) is 9.59 Å².